The van der Waals surface area contributed by atoms with Gasteiger partial charge in [-0.1, -0.05) is 12.1 Å². The largest absolute Gasteiger partial charge is 0.467 e. The fraction of sp³-hybridized carbons (Fsp3) is 0.130. The van der Waals surface area contributed by atoms with Gasteiger partial charge < -0.3 is 19.6 Å². The van der Waals surface area contributed by atoms with Crippen LogP contribution < -0.4 is 10.6 Å². The molecular weight excluding hydrogens is 398 g/mol. The first-order chi connectivity index (χ1) is 14.5. The fourth-order valence-corrected chi connectivity index (χ4v) is 3.93. The predicted octanol–water partition coefficient (Wildman–Crippen LogP) is 5.31. The molecule has 6 nitrogen and oxygen atoms in total. The summed E-state index contributed by atoms with van der Waals surface area (Å²) in [5.74, 6) is 0.461. The molecule has 0 aliphatic carbocycles. The van der Waals surface area contributed by atoms with Gasteiger partial charge >= 0.3 is 0 Å². The number of anilines is 2. The number of rotatable bonds is 6. The first-order valence-electron chi connectivity index (χ1n) is 9.46. The molecule has 0 aliphatic rings. The van der Waals surface area contributed by atoms with Crippen LogP contribution in [0.4, 0.5) is 11.4 Å². The topological polar surface area (TPSA) is 76.3 Å². The molecule has 0 radical (unpaired) electrons. The second-order valence-corrected chi connectivity index (χ2v) is 7.86. The SMILES string of the molecule is Cc1cc(C(=O)Nc2cccc(NC(=O)c3cccs3)c2)c(C)n1Cc1ccco1. The molecule has 30 heavy (non-hydrogen) atoms. The highest BCUT2D eigenvalue weighted by Crippen LogP contribution is 2.21. The number of nitrogens with one attached hydrogen (secondary N) is 2. The number of furan rings is 1. The third kappa shape index (κ3) is 4.21. The quantitative estimate of drug-likeness (QED) is 0.444. The Morgan fingerprint density at radius 3 is 2.40 bits per heavy atom. The zero-order chi connectivity index (χ0) is 21.1. The molecule has 3 aromatic heterocycles. The van der Waals surface area contributed by atoms with Crippen molar-refractivity contribution in [3.05, 3.63) is 93.8 Å². The smallest absolute Gasteiger partial charge is 0.265 e. The number of aryl methyl sites for hydroxylation is 1. The number of carbonyl (C=O) groups excluding carboxylic acids is 2. The lowest BCUT2D eigenvalue weighted by Gasteiger charge is -2.10. The Kier molecular flexibility index (Phi) is 5.54. The van der Waals surface area contributed by atoms with E-state index in [0.29, 0.717) is 28.4 Å². The fourth-order valence-electron chi connectivity index (χ4n) is 3.31. The minimum Gasteiger partial charge on any atom is -0.467 e. The van der Waals surface area contributed by atoms with E-state index in [1.54, 1.807) is 36.6 Å². The summed E-state index contributed by atoms with van der Waals surface area (Å²) >= 11 is 1.38. The van der Waals surface area contributed by atoms with Gasteiger partial charge in [0.05, 0.1) is 23.2 Å². The van der Waals surface area contributed by atoms with E-state index >= 15 is 0 Å². The molecule has 0 atom stereocenters. The zero-order valence-corrected chi connectivity index (χ0v) is 17.5. The number of amides is 2. The Labute approximate surface area is 178 Å². The molecule has 4 aromatic rings. The van der Waals surface area contributed by atoms with E-state index in [1.807, 2.05) is 48.1 Å². The molecule has 0 unspecified atom stereocenters. The van der Waals surface area contributed by atoms with Crippen LogP contribution in [0.2, 0.25) is 0 Å². The van der Waals surface area contributed by atoms with E-state index in [-0.39, 0.29) is 11.8 Å². The van der Waals surface area contributed by atoms with Crippen LogP contribution in [0.1, 0.15) is 37.2 Å². The van der Waals surface area contributed by atoms with Crippen LogP contribution in [0.5, 0.6) is 0 Å². The van der Waals surface area contributed by atoms with Gasteiger partial charge in [0.1, 0.15) is 5.76 Å². The summed E-state index contributed by atoms with van der Waals surface area (Å²) in [6.07, 6.45) is 1.64. The first-order valence-corrected chi connectivity index (χ1v) is 10.3. The van der Waals surface area contributed by atoms with Crippen LogP contribution in [-0.2, 0) is 6.54 Å². The average molecular weight is 420 g/mol. The van der Waals surface area contributed by atoms with Crippen LogP contribution in [0.15, 0.2) is 70.7 Å². The summed E-state index contributed by atoms with van der Waals surface area (Å²) in [7, 11) is 0. The second kappa shape index (κ2) is 8.42. The summed E-state index contributed by atoms with van der Waals surface area (Å²) in [5, 5.41) is 7.63. The lowest BCUT2D eigenvalue weighted by Crippen LogP contribution is -2.14. The van der Waals surface area contributed by atoms with E-state index in [4.69, 9.17) is 4.42 Å². The van der Waals surface area contributed by atoms with Gasteiger partial charge in [-0.15, -0.1) is 11.3 Å². The Morgan fingerprint density at radius 2 is 1.73 bits per heavy atom. The Balaban J connectivity index is 1.48. The lowest BCUT2D eigenvalue weighted by molar-refractivity contribution is 0.102. The standard InChI is InChI=1S/C23H21N3O3S/c1-15-12-20(16(2)26(15)14-19-8-4-10-29-19)22(27)24-17-6-3-7-18(13-17)25-23(28)21-9-5-11-30-21/h3-13H,14H2,1-2H3,(H,24,27)(H,25,28). The molecule has 0 fully saturated rings. The zero-order valence-electron chi connectivity index (χ0n) is 16.6. The van der Waals surface area contributed by atoms with Gasteiger partial charge in [0.15, 0.2) is 0 Å². The first kappa shape index (κ1) is 19.7. The number of hydrogen-bond acceptors (Lipinski definition) is 4. The normalized spacial score (nSPS) is 10.7. The third-order valence-electron chi connectivity index (χ3n) is 4.84. The van der Waals surface area contributed by atoms with Crippen molar-refractivity contribution in [1.29, 1.82) is 0 Å². The van der Waals surface area contributed by atoms with Crippen LogP contribution in [0.3, 0.4) is 0 Å². The minimum atomic E-state index is -0.199. The molecule has 3 heterocycles. The van der Waals surface area contributed by atoms with Crippen molar-refractivity contribution < 1.29 is 14.0 Å². The second-order valence-electron chi connectivity index (χ2n) is 6.92. The van der Waals surface area contributed by atoms with Crippen molar-refractivity contribution in [1.82, 2.24) is 4.57 Å². The molecule has 152 valence electrons. The number of benzene rings is 1. The molecule has 0 bridgehead atoms. The molecule has 4 rings (SSSR count). The summed E-state index contributed by atoms with van der Waals surface area (Å²) in [6, 6.07) is 16.3. The summed E-state index contributed by atoms with van der Waals surface area (Å²) in [5.41, 5.74) is 3.68. The molecule has 1 aromatic carbocycles. The summed E-state index contributed by atoms with van der Waals surface area (Å²) < 4.78 is 7.48. The molecule has 0 saturated heterocycles. The van der Waals surface area contributed by atoms with Gasteiger partial charge in [0.2, 0.25) is 0 Å². The minimum absolute atomic E-state index is 0.171. The molecular formula is C23H21N3O3S. The number of aromatic nitrogens is 1. The monoisotopic (exact) mass is 419 g/mol. The van der Waals surface area contributed by atoms with E-state index in [1.165, 1.54) is 11.3 Å². The van der Waals surface area contributed by atoms with Crippen LogP contribution in [0, 0.1) is 13.8 Å². The van der Waals surface area contributed by atoms with Crippen LogP contribution in [0.25, 0.3) is 0 Å². The van der Waals surface area contributed by atoms with Gasteiger partial charge in [-0.05, 0) is 61.7 Å². The summed E-state index contributed by atoms with van der Waals surface area (Å²) in [6.45, 7) is 4.46. The highest BCUT2D eigenvalue weighted by atomic mass is 32.1. The van der Waals surface area contributed by atoms with Crippen molar-refractivity contribution in [3.63, 3.8) is 0 Å². The van der Waals surface area contributed by atoms with Crippen molar-refractivity contribution in [3.8, 4) is 0 Å². The predicted molar refractivity (Wildman–Crippen MR) is 118 cm³/mol. The van der Waals surface area contributed by atoms with Crippen molar-refractivity contribution in [2.24, 2.45) is 0 Å². The molecule has 2 N–H and O–H groups in total. The Morgan fingerprint density at radius 1 is 0.967 bits per heavy atom. The van der Waals surface area contributed by atoms with Gasteiger partial charge in [-0.25, -0.2) is 0 Å². The van der Waals surface area contributed by atoms with Crippen LogP contribution in [-0.4, -0.2) is 16.4 Å². The van der Waals surface area contributed by atoms with Gasteiger partial charge in [-0.3, -0.25) is 9.59 Å². The molecule has 7 heteroatoms. The Bertz CT molecular complexity index is 1170. The molecule has 0 aliphatic heterocycles. The lowest BCUT2D eigenvalue weighted by atomic mass is 10.2. The van der Waals surface area contributed by atoms with Crippen molar-refractivity contribution in [2.45, 2.75) is 20.4 Å². The maximum absolute atomic E-state index is 12.9. The van der Waals surface area contributed by atoms with Gasteiger partial charge in [0, 0.05) is 22.8 Å². The van der Waals surface area contributed by atoms with E-state index in [9.17, 15) is 9.59 Å². The number of thiophene rings is 1. The van der Waals surface area contributed by atoms with E-state index in [0.717, 1.165) is 17.1 Å². The number of hydrogen-bond donors (Lipinski definition) is 2. The molecule has 0 saturated carbocycles. The highest BCUT2D eigenvalue weighted by Gasteiger charge is 2.17. The Hall–Kier alpha value is -3.58. The maximum atomic E-state index is 12.9. The van der Waals surface area contributed by atoms with E-state index in [2.05, 4.69) is 10.6 Å². The number of nitrogens with zero attached hydrogens (tertiary/aromatic N) is 1. The number of carbonyl (C=O) groups is 2. The van der Waals surface area contributed by atoms with Crippen LogP contribution >= 0.6 is 11.3 Å². The van der Waals surface area contributed by atoms with Gasteiger partial charge in [0.25, 0.3) is 11.8 Å². The summed E-state index contributed by atoms with van der Waals surface area (Å²) in [4.78, 5) is 25.8. The van der Waals surface area contributed by atoms with Crippen molar-refractivity contribution >= 4 is 34.5 Å². The third-order valence-corrected chi connectivity index (χ3v) is 5.70. The molecule has 0 spiro atoms. The van der Waals surface area contributed by atoms with Crippen molar-refractivity contribution in [2.75, 3.05) is 10.6 Å². The molecule has 2 amide bonds. The highest BCUT2D eigenvalue weighted by molar-refractivity contribution is 7.12. The average Bonchev–Trinajstić information content (AvgIpc) is 3.47. The maximum Gasteiger partial charge on any atom is 0.265 e. The van der Waals surface area contributed by atoms with E-state index < -0.39 is 0 Å². The van der Waals surface area contributed by atoms with Gasteiger partial charge in [-0.2, -0.15) is 0 Å².